The van der Waals surface area contributed by atoms with E-state index in [4.69, 9.17) is 4.74 Å². The van der Waals surface area contributed by atoms with Crippen LogP contribution in [0.25, 0.3) is 10.9 Å². The second-order valence-corrected chi connectivity index (χ2v) is 9.56. The van der Waals surface area contributed by atoms with Gasteiger partial charge in [0.15, 0.2) is 0 Å². The Morgan fingerprint density at radius 2 is 2.03 bits per heavy atom. The number of rotatable bonds is 11. The Hall–Kier alpha value is -2.99. The van der Waals surface area contributed by atoms with Gasteiger partial charge in [0, 0.05) is 18.1 Å². The molecule has 0 aliphatic carbocycles. The number of likely N-dealkylation sites (tertiary alicyclic amines) is 1. The Balaban J connectivity index is 1.30. The van der Waals surface area contributed by atoms with Crippen LogP contribution in [0.1, 0.15) is 49.4 Å². The average Bonchev–Trinajstić information content (AvgIpc) is 2.89. The minimum Gasteiger partial charge on any atom is -0.497 e. The number of carboxylic acids is 1. The number of benzene rings is 2. The molecular formula is C29H35FN2O3. The van der Waals surface area contributed by atoms with Gasteiger partial charge in [-0.05, 0) is 92.9 Å². The van der Waals surface area contributed by atoms with Crippen molar-refractivity contribution in [2.24, 2.45) is 11.8 Å². The van der Waals surface area contributed by atoms with Gasteiger partial charge in [0.25, 0.3) is 0 Å². The number of halogens is 1. The second-order valence-electron chi connectivity index (χ2n) is 9.56. The lowest BCUT2D eigenvalue weighted by Gasteiger charge is -2.37. The van der Waals surface area contributed by atoms with Crippen molar-refractivity contribution in [2.75, 3.05) is 26.7 Å². The summed E-state index contributed by atoms with van der Waals surface area (Å²) in [7, 11) is 1.59. The molecule has 0 amide bonds. The fourth-order valence-electron chi connectivity index (χ4n) is 5.27. The third-order valence-electron chi connectivity index (χ3n) is 7.30. The molecule has 1 aromatic heterocycles. The van der Waals surface area contributed by atoms with Crippen LogP contribution < -0.4 is 4.74 Å². The first-order chi connectivity index (χ1) is 17.0. The van der Waals surface area contributed by atoms with Gasteiger partial charge >= 0.3 is 5.97 Å². The Bertz CT molecular complexity index is 1110. The predicted molar refractivity (Wildman–Crippen MR) is 136 cm³/mol. The van der Waals surface area contributed by atoms with Gasteiger partial charge in [-0.15, -0.1) is 0 Å². The van der Waals surface area contributed by atoms with Crippen molar-refractivity contribution in [1.29, 1.82) is 0 Å². The van der Waals surface area contributed by atoms with Crippen molar-refractivity contribution in [3.8, 4) is 5.75 Å². The van der Waals surface area contributed by atoms with Gasteiger partial charge in [-0.2, -0.15) is 0 Å². The number of aromatic nitrogens is 1. The summed E-state index contributed by atoms with van der Waals surface area (Å²) in [5, 5.41) is 10.6. The normalized spacial score (nSPS) is 19.5. The number of hydrogen-bond donors (Lipinski definition) is 1. The smallest absolute Gasteiger partial charge is 0.308 e. The third kappa shape index (κ3) is 6.57. The molecule has 6 heteroatoms. The zero-order chi connectivity index (χ0) is 24.6. The van der Waals surface area contributed by atoms with E-state index in [1.807, 2.05) is 24.3 Å². The lowest BCUT2D eigenvalue weighted by Crippen LogP contribution is -2.44. The highest BCUT2D eigenvalue weighted by atomic mass is 19.1. The summed E-state index contributed by atoms with van der Waals surface area (Å²) in [5.41, 5.74) is 2.67. The maximum absolute atomic E-state index is 15.4. The molecule has 1 saturated heterocycles. The number of ether oxygens (including phenoxy) is 1. The summed E-state index contributed by atoms with van der Waals surface area (Å²) in [6.45, 7) is 2.35. The zero-order valence-corrected chi connectivity index (χ0v) is 20.4. The first-order valence-electron chi connectivity index (χ1n) is 12.6. The monoisotopic (exact) mass is 478 g/mol. The van der Waals surface area contributed by atoms with Crippen LogP contribution in [0.3, 0.4) is 0 Å². The molecule has 0 unspecified atom stereocenters. The number of hydrogen-bond acceptors (Lipinski definition) is 4. The number of aryl methyl sites for hydroxylation is 1. The van der Waals surface area contributed by atoms with Crippen LogP contribution in [-0.4, -0.2) is 47.7 Å². The largest absolute Gasteiger partial charge is 0.497 e. The lowest BCUT2D eigenvalue weighted by atomic mass is 9.81. The molecule has 186 valence electrons. The molecule has 0 bridgehead atoms. The van der Waals surface area contributed by atoms with Crippen LogP contribution >= 0.6 is 0 Å². The molecule has 1 aliphatic heterocycles. The summed E-state index contributed by atoms with van der Waals surface area (Å²) in [4.78, 5) is 18.7. The number of unbranched alkanes of at least 4 members (excludes halogenated alkanes) is 1. The number of carboxylic acid groups (broad SMARTS) is 1. The van der Waals surface area contributed by atoms with E-state index in [2.05, 4.69) is 34.1 Å². The lowest BCUT2D eigenvalue weighted by molar-refractivity contribution is -0.146. The fourth-order valence-corrected chi connectivity index (χ4v) is 5.27. The van der Waals surface area contributed by atoms with Crippen molar-refractivity contribution in [3.63, 3.8) is 0 Å². The van der Waals surface area contributed by atoms with Gasteiger partial charge in [0.2, 0.25) is 0 Å². The Morgan fingerprint density at radius 3 is 2.80 bits per heavy atom. The highest BCUT2D eigenvalue weighted by Crippen LogP contribution is 2.35. The molecule has 3 aromatic rings. The van der Waals surface area contributed by atoms with Gasteiger partial charge in [-0.3, -0.25) is 9.78 Å². The van der Waals surface area contributed by atoms with Crippen molar-refractivity contribution in [1.82, 2.24) is 9.88 Å². The van der Waals surface area contributed by atoms with Gasteiger partial charge in [-0.25, -0.2) is 4.39 Å². The van der Waals surface area contributed by atoms with Crippen molar-refractivity contribution in [3.05, 3.63) is 71.9 Å². The van der Waals surface area contributed by atoms with E-state index < -0.39 is 18.1 Å². The number of methoxy groups -OCH3 is 1. The van der Waals surface area contributed by atoms with E-state index in [1.165, 1.54) is 5.56 Å². The molecule has 1 aliphatic rings. The van der Waals surface area contributed by atoms with Gasteiger partial charge in [0.05, 0.1) is 18.5 Å². The molecule has 3 atom stereocenters. The number of alkyl halides is 1. The van der Waals surface area contributed by atoms with Crippen molar-refractivity contribution in [2.45, 2.75) is 44.7 Å². The highest BCUT2D eigenvalue weighted by molar-refractivity contribution is 5.83. The molecule has 2 heterocycles. The number of fused-ring (bicyclic) bond motifs is 1. The van der Waals surface area contributed by atoms with Crippen LogP contribution in [0.15, 0.2) is 60.8 Å². The summed E-state index contributed by atoms with van der Waals surface area (Å²) in [5.74, 6) is -0.548. The van der Waals surface area contributed by atoms with E-state index in [9.17, 15) is 9.90 Å². The Kier molecular flexibility index (Phi) is 8.69. The Labute approximate surface area is 206 Å². The topological polar surface area (TPSA) is 62.7 Å². The molecule has 2 aromatic carbocycles. The van der Waals surface area contributed by atoms with Crippen LogP contribution in [0.4, 0.5) is 4.39 Å². The van der Waals surface area contributed by atoms with Crippen LogP contribution in [0, 0.1) is 11.8 Å². The van der Waals surface area contributed by atoms with Gasteiger partial charge in [0.1, 0.15) is 11.9 Å². The van der Waals surface area contributed by atoms with Crippen molar-refractivity contribution >= 4 is 16.9 Å². The van der Waals surface area contributed by atoms with Gasteiger partial charge < -0.3 is 14.7 Å². The summed E-state index contributed by atoms with van der Waals surface area (Å²) in [6.07, 6.45) is 5.33. The number of nitrogens with zero attached hydrogens (tertiary/aromatic N) is 2. The van der Waals surface area contributed by atoms with Crippen LogP contribution in [0.2, 0.25) is 0 Å². The van der Waals surface area contributed by atoms with E-state index in [1.54, 1.807) is 19.4 Å². The molecule has 0 spiro atoms. The molecule has 35 heavy (non-hydrogen) atoms. The number of carbonyl (C=O) groups is 1. The minimum atomic E-state index is -1.17. The summed E-state index contributed by atoms with van der Waals surface area (Å²) < 4.78 is 20.7. The van der Waals surface area contributed by atoms with E-state index in [0.29, 0.717) is 30.7 Å². The van der Waals surface area contributed by atoms with E-state index >= 15 is 4.39 Å². The molecule has 5 nitrogen and oxygen atoms in total. The minimum absolute atomic E-state index is 0.00560. The quantitative estimate of drug-likeness (QED) is 0.339. The standard InChI is InChI=1S/C29H35FN2O3/c1-35-23-11-13-28-25(19-23)24(14-16-31-28)27(30)12-10-22-15-18-32(20-26(22)29(33)34)17-6-5-9-21-7-3-2-4-8-21/h2-4,7-8,11,13-14,16,19,22,26-27H,5-6,9-10,12,15,17-18,20H2,1H3,(H,33,34)/t22-,26+,27+/m1/s1. The third-order valence-corrected chi connectivity index (χ3v) is 7.30. The molecule has 4 rings (SSSR count). The first kappa shape index (κ1) is 25.1. The molecule has 1 fully saturated rings. The van der Waals surface area contributed by atoms with E-state index in [-0.39, 0.29) is 5.92 Å². The fraction of sp³-hybridized carbons (Fsp3) is 0.448. The SMILES string of the molecule is COc1ccc2nccc([C@@H](F)CC[C@@H]3CCN(CCCCc4ccccc4)C[C@@H]3C(=O)O)c2c1. The van der Waals surface area contributed by atoms with E-state index in [0.717, 1.165) is 49.7 Å². The number of pyridine rings is 1. The van der Waals surface area contributed by atoms with Crippen molar-refractivity contribution < 1.29 is 19.0 Å². The first-order valence-corrected chi connectivity index (χ1v) is 12.6. The highest BCUT2D eigenvalue weighted by Gasteiger charge is 2.34. The Morgan fingerprint density at radius 1 is 1.20 bits per heavy atom. The predicted octanol–water partition coefficient (Wildman–Crippen LogP) is 6.08. The molecular weight excluding hydrogens is 443 g/mol. The molecule has 0 saturated carbocycles. The summed E-state index contributed by atoms with van der Waals surface area (Å²) >= 11 is 0. The van der Waals surface area contributed by atoms with Gasteiger partial charge in [-0.1, -0.05) is 30.3 Å². The number of aliphatic carboxylic acids is 1. The zero-order valence-electron chi connectivity index (χ0n) is 20.4. The van der Waals surface area contributed by atoms with Crippen LogP contribution in [-0.2, 0) is 11.2 Å². The molecule has 1 N–H and O–H groups in total. The average molecular weight is 479 g/mol. The molecule has 0 radical (unpaired) electrons. The maximum atomic E-state index is 15.4. The van der Waals surface area contributed by atoms with Crippen LogP contribution in [0.5, 0.6) is 5.75 Å². The number of piperidine rings is 1. The second kappa shape index (κ2) is 12.1. The summed E-state index contributed by atoms with van der Waals surface area (Å²) in [6, 6.07) is 17.6. The maximum Gasteiger partial charge on any atom is 0.308 e.